The summed E-state index contributed by atoms with van der Waals surface area (Å²) in [4.78, 5) is 35.1. The van der Waals surface area contributed by atoms with Gasteiger partial charge < -0.3 is 0 Å². The molecule has 0 unspecified atom stereocenters. The van der Waals surface area contributed by atoms with Gasteiger partial charge in [0, 0.05) is 37.2 Å². The van der Waals surface area contributed by atoms with Gasteiger partial charge in [-0.05, 0) is 84.9 Å². The average molecular weight is 893 g/mol. The zero-order valence-corrected chi connectivity index (χ0v) is 29.4. The van der Waals surface area contributed by atoms with E-state index in [1.54, 1.807) is 37.2 Å². The van der Waals surface area contributed by atoms with Crippen molar-refractivity contribution >= 4 is 11.0 Å². The van der Waals surface area contributed by atoms with Gasteiger partial charge in [-0.1, -0.05) is 48.5 Å². The molecule has 0 N–H and O–H groups in total. The third-order valence-electron chi connectivity index (χ3n) is 6.57. The molecule has 0 radical (unpaired) electrons. The largest absolute Gasteiger partial charge is 2.00 e. The number of fused-ring (bicyclic) bond motifs is 1. The Morgan fingerprint density at radius 1 is 0.271 bits per heavy atom. The smallest absolute Gasteiger partial charge is 0.255 e. The van der Waals surface area contributed by atoms with Gasteiger partial charge in [0.05, 0.1) is 45.2 Å². The second kappa shape index (κ2) is 18.8. The van der Waals surface area contributed by atoms with E-state index in [1.807, 2.05) is 133 Å². The fraction of sp³-hybridized carbons (Fsp3) is 0. The normalized spacial score (nSPS) is 9.75. The molecule has 7 heterocycles. The number of benzene rings is 1. The van der Waals surface area contributed by atoms with Crippen LogP contribution in [0.25, 0.3) is 56.6 Å². The van der Waals surface area contributed by atoms with Crippen molar-refractivity contribution in [3.63, 3.8) is 0 Å². The van der Waals surface area contributed by atoms with E-state index >= 15 is 0 Å². The van der Waals surface area contributed by atoms with Gasteiger partial charge in [0.1, 0.15) is 11.4 Å². The molecule has 0 amide bonds. The molecule has 1 aromatic carbocycles. The molecular weight excluding hydrogens is 865 g/mol. The molecule has 10 heteroatoms. The van der Waals surface area contributed by atoms with Crippen LogP contribution < -0.4 is 0 Å². The van der Waals surface area contributed by atoms with Crippen molar-refractivity contribution in [3.05, 3.63) is 171 Å². The van der Waals surface area contributed by atoms with E-state index in [2.05, 4.69) is 29.9 Å². The van der Waals surface area contributed by atoms with Crippen molar-refractivity contribution in [2.24, 2.45) is 0 Å². The van der Waals surface area contributed by atoms with Crippen molar-refractivity contribution in [1.82, 2.24) is 39.9 Å². The second-order valence-corrected chi connectivity index (χ2v) is 9.70. The Labute approximate surface area is 305 Å². The van der Waals surface area contributed by atoms with Crippen LogP contribution in [0.2, 0.25) is 0 Å². The molecule has 0 aliphatic carbocycles. The summed E-state index contributed by atoms with van der Waals surface area (Å²) in [5.41, 5.74) is 8.44. The standard InChI is InChI=1S/C18H12N4.2C10H8N2.Pt.Ru/c1-2-8-14-13(7-1)21-17(15-9-3-5-11-19-15)18(22-14)16-10-4-6-12-20-16;2*1-3-7-11-9(5-1)10-6-2-4-8-12-10;;/h1-12H;2*1-8H;;/q;;;2*+2. The number of para-hydroxylation sites is 2. The van der Waals surface area contributed by atoms with Gasteiger partial charge in [-0.3, -0.25) is 29.9 Å². The maximum atomic E-state index is 4.76. The Morgan fingerprint density at radius 3 is 0.729 bits per heavy atom. The Morgan fingerprint density at radius 2 is 0.500 bits per heavy atom. The summed E-state index contributed by atoms with van der Waals surface area (Å²) in [5.74, 6) is 0. The molecule has 0 bridgehead atoms. The Hall–Kier alpha value is -5.23. The van der Waals surface area contributed by atoms with Crippen LogP contribution in [0.5, 0.6) is 0 Å². The first-order chi connectivity index (χ1) is 22.8. The van der Waals surface area contributed by atoms with Crippen molar-refractivity contribution in [1.29, 1.82) is 0 Å². The Balaban J connectivity index is 0.000000172. The number of aromatic nitrogens is 8. The van der Waals surface area contributed by atoms with Gasteiger partial charge in [0.2, 0.25) is 0 Å². The molecule has 0 aliphatic heterocycles. The van der Waals surface area contributed by atoms with Crippen LogP contribution >= 0.6 is 0 Å². The number of pyridine rings is 6. The molecule has 7 aromatic heterocycles. The number of hydrogen-bond donors (Lipinski definition) is 0. The van der Waals surface area contributed by atoms with Gasteiger partial charge in [-0.25, -0.2) is 9.97 Å². The van der Waals surface area contributed by atoms with E-state index in [4.69, 9.17) is 9.97 Å². The van der Waals surface area contributed by atoms with E-state index in [-0.39, 0.29) is 40.5 Å². The van der Waals surface area contributed by atoms with Crippen LogP contribution in [0.3, 0.4) is 0 Å². The molecular formula is C38H28N8PtRu+4. The summed E-state index contributed by atoms with van der Waals surface area (Å²) in [6, 6.07) is 42.6. The van der Waals surface area contributed by atoms with E-state index in [9.17, 15) is 0 Å². The molecule has 0 fully saturated rings. The van der Waals surface area contributed by atoms with Crippen molar-refractivity contribution < 1.29 is 40.5 Å². The monoisotopic (exact) mass is 893 g/mol. The SMILES string of the molecule is [Pt+2].[Ru+2].c1ccc(-c2ccccn2)nc1.c1ccc(-c2ccccn2)nc1.c1ccc(-c2nc3ccccc3nc2-c2ccccn2)nc1. The molecule has 0 saturated heterocycles. The molecule has 8 rings (SSSR count). The van der Waals surface area contributed by atoms with Gasteiger partial charge in [-0.2, -0.15) is 0 Å². The zero-order chi connectivity index (χ0) is 31.2. The molecule has 0 spiro atoms. The summed E-state index contributed by atoms with van der Waals surface area (Å²) in [5, 5.41) is 0. The molecule has 8 nitrogen and oxygen atoms in total. The minimum atomic E-state index is 0. The summed E-state index contributed by atoms with van der Waals surface area (Å²) in [6.07, 6.45) is 10.6. The maximum Gasteiger partial charge on any atom is 2.00 e. The Kier molecular flexibility index (Phi) is 14.0. The van der Waals surface area contributed by atoms with Crippen molar-refractivity contribution in [2.45, 2.75) is 0 Å². The van der Waals surface area contributed by atoms with Crippen LogP contribution in [0.15, 0.2) is 171 Å². The summed E-state index contributed by atoms with van der Waals surface area (Å²) < 4.78 is 0. The Bertz CT molecular complexity index is 1850. The van der Waals surface area contributed by atoms with Gasteiger partial charge >= 0.3 is 40.5 Å². The molecule has 0 saturated carbocycles. The first-order valence-corrected chi connectivity index (χ1v) is 14.6. The predicted octanol–water partition coefficient (Wildman–Crippen LogP) is 8.04. The summed E-state index contributed by atoms with van der Waals surface area (Å²) >= 11 is 0. The summed E-state index contributed by atoms with van der Waals surface area (Å²) in [7, 11) is 0. The van der Waals surface area contributed by atoms with Crippen molar-refractivity contribution in [3.8, 4) is 45.6 Å². The second-order valence-electron chi connectivity index (χ2n) is 9.70. The molecule has 234 valence electrons. The van der Waals surface area contributed by atoms with Gasteiger partial charge in [0.25, 0.3) is 0 Å². The van der Waals surface area contributed by atoms with E-state index in [0.29, 0.717) is 0 Å². The molecule has 0 aliphatic rings. The fourth-order valence-corrected chi connectivity index (χ4v) is 4.42. The number of nitrogens with zero attached hydrogens (tertiary/aromatic N) is 8. The molecule has 48 heavy (non-hydrogen) atoms. The van der Waals surface area contributed by atoms with Crippen LogP contribution in [0, 0.1) is 0 Å². The molecule has 0 atom stereocenters. The quantitative estimate of drug-likeness (QED) is 0.164. The van der Waals surface area contributed by atoms with Crippen molar-refractivity contribution in [2.75, 3.05) is 0 Å². The predicted molar refractivity (Wildman–Crippen MR) is 181 cm³/mol. The van der Waals surface area contributed by atoms with E-state index < -0.39 is 0 Å². The first-order valence-electron chi connectivity index (χ1n) is 14.6. The maximum absolute atomic E-state index is 4.76. The minimum absolute atomic E-state index is 0. The van der Waals surface area contributed by atoms with Crippen LogP contribution in [-0.4, -0.2) is 39.9 Å². The fourth-order valence-electron chi connectivity index (χ4n) is 4.42. The van der Waals surface area contributed by atoms with Crippen LogP contribution in [-0.2, 0) is 40.5 Å². The van der Waals surface area contributed by atoms with Gasteiger partial charge in [-0.15, -0.1) is 0 Å². The van der Waals surface area contributed by atoms with Gasteiger partial charge in [0.15, 0.2) is 0 Å². The topological polar surface area (TPSA) is 103 Å². The number of hydrogen-bond acceptors (Lipinski definition) is 8. The first kappa shape index (κ1) is 35.6. The van der Waals surface area contributed by atoms with Crippen LogP contribution in [0.4, 0.5) is 0 Å². The number of rotatable bonds is 4. The van der Waals surface area contributed by atoms with Crippen LogP contribution in [0.1, 0.15) is 0 Å². The third kappa shape index (κ3) is 9.64. The summed E-state index contributed by atoms with van der Waals surface area (Å²) in [6.45, 7) is 0. The van der Waals surface area contributed by atoms with E-state index in [0.717, 1.165) is 56.6 Å². The zero-order valence-electron chi connectivity index (χ0n) is 25.4. The minimum Gasteiger partial charge on any atom is -0.255 e. The third-order valence-corrected chi connectivity index (χ3v) is 6.57. The van der Waals surface area contributed by atoms with E-state index in [1.165, 1.54) is 0 Å². The molecule has 8 aromatic rings. The average Bonchev–Trinajstić information content (AvgIpc) is 3.17.